The molecule has 0 radical (unpaired) electrons. The van der Waals surface area contributed by atoms with Gasteiger partial charge in [-0.05, 0) is 60.7 Å². The van der Waals surface area contributed by atoms with Crippen LogP contribution in [-0.4, -0.2) is 39.0 Å². The lowest BCUT2D eigenvalue weighted by Gasteiger charge is -2.36. The SMILES string of the molecule is COC(=O)CCCCCCCCCCOc1c(CO)cc(C)cc1COC(c1ccccc1)(c1ccc(OC)cc1)c1ccc(OC)cc1. The van der Waals surface area contributed by atoms with Crippen LogP contribution in [0.25, 0.3) is 0 Å². The van der Waals surface area contributed by atoms with Crippen LogP contribution in [0.1, 0.15) is 91.2 Å². The number of unbranched alkanes of at least 4 members (excludes halogenated alkanes) is 7. The van der Waals surface area contributed by atoms with Gasteiger partial charge in [-0.3, -0.25) is 4.79 Å². The number of carbonyl (C=O) groups is 1. The van der Waals surface area contributed by atoms with Crippen molar-refractivity contribution < 1.29 is 33.6 Å². The van der Waals surface area contributed by atoms with Crippen molar-refractivity contribution >= 4 is 5.97 Å². The van der Waals surface area contributed by atoms with E-state index in [1.165, 1.54) is 20.0 Å². The molecular formula is C42H52O7. The Hall–Kier alpha value is -4.33. The van der Waals surface area contributed by atoms with E-state index in [4.69, 9.17) is 23.7 Å². The molecule has 7 nitrogen and oxygen atoms in total. The van der Waals surface area contributed by atoms with Crippen molar-refractivity contribution in [3.05, 3.63) is 124 Å². The Kier molecular flexibility index (Phi) is 15.0. The maximum Gasteiger partial charge on any atom is 0.305 e. The normalized spacial score (nSPS) is 11.3. The molecule has 4 rings (SSSR count). The van der Waals surface area contributed by atoms with Crippen molar-refractivity contribution in [3.8, 4) is 17.2 Å². The Labute approximate surface area is 292 Å². The summed E-state index contributed by atoms with van der Waals surface area (Å²) in [5.74, 6) is 2.08. The van der Waals surface area contributed by atoms with Gasteiger partial charge in [0, 0.05) is 17.5 Å². The van der Waals surface area contributed by atoms with Crippen LogP contribution >= 0.6 is 0 Å². The van der Waals surface area contributed by atoms with Crippen LogP contribution in [0.2, 0.25) is 0 Å². The molecule has 0 spiro atoms. The molecule has 262 valence electrons. The van der Waals surface area contributed by atoms with Crippen LogP contribution in [-0.2, 0) is 33.1 Å². The molecule has 0 aliphatic carbocycles. The van der Waals surface area contributed by atoms with Gasteiger partial charge in [0.1, 0.15) is 22.8 Å². The summed E-state index contributed by atoms with van der Waals surface area (Å²) in [5, 5.41) is 10.4. The monoisotopic (exact) mass is 668 g/mol. The lowest BCUT2D eigenvalue weighted by molar-refractivity contribution is -0.140. The number of rotatable bonds is 21. The third kappa shape index (κ3) is 10.3. The van der Waals surface area contributed by atoms with E-state index in [1.54, 1.807) is 14.2 Å². The van der Waals surface area contributed by atoms with E-state index in [0.717, 1.165) is 83.4 Å². The highest BCUT2D eigenvalue weighted by atomic mass is 16.5. The van der Waals surface area contributed by atoms with Gasteiger partial charge in [-0.2, -0.15) is 0 Å². The van der Waals surface area contributed by atoms with Crippen LogP contribution in [0, 0.1) is 6.92 Å². The number of aryl methyl sites for hydroxylation is 1. The van der Waals surface area contributed by atoms with Gasteiger partial charge in [0.2, 0.25) is 0 Å². The minimum absolute atomic E-state index is 0.124. The van der Waals surface area contributed by atoms with E-state index < -0.39 is 5.60 Å². The molecule has 0 amide bonds. The number of aliphatic hydroxyl groups excluding tert-OH is 1. The molecule has 0 saturated carbocycles. The first-order valence-electron chi connectivity index (χ1n) is 17.4. The molecule has 0 atom stereocenters. The summed E-state index contributed by atoms with van der Waals surface area (Å²) < 4.78 is 29.3. The summed E-state index contributed by atoms with van der Waals surface area (Å²) in [6, 6.07) is 30.3. The number of benzene rings is 4. The predicted octanol–water partition coefficient (Wildman–Crippen LogP) is 9.08. The highest BCUT2D eigenvalue weighted by Crippen LogP contribution is 2.43. The third-order valence-corrected chi connectivity index (χ3v) is 8.92. The van der Waals surface area contributed by atoms with Gasteiger partial charge in [-0.1, -0.05) is 111 Å². The fourth-order valence-electron chi connectivity index (χ4n) is 6.31. The predicted molar refractivity (Wildman–Crippen MR) is 193 cm³/mol. The maximum absolute atomic E-state index is 11.3. The second-order valence-electron chi connectivity index (χ2n) is 12.4. The molecule has 0 unspecified atom stereocenters. The van der Waals surface area contributed by atoms with Gasteiger partial charge < -0.3 is 28.8 Å². The van der Waals surface area contributed by atoms with Crippen molar-refractivity contribution in [2.24, 2.45) is 0 Å². The van der Waals surface area contributed by atoms with Crippen molar-refractivity contribution in [3.63, 3.8) is 0 Å². The van der Waals surface area contributed by atoms with Gasteiger partial charge in [0.05, 0.1) is 41.2 Å². The van der Waals surface area contributed by atoms with Gasteiger partial charge in [-0.15, -0.1) is 0 Å². The van der Waals surface area contributed by atoms with E-state index in [0.29, 0.717) is 18.8 Å². The average molecular weight is 669 g/mol. The summed E-state index contributed by atoms with van der Waals surface area (Å²) in [4.78, 5) is 11.3. The summed E-state index contributed by atoms with van der Waals surface area (Å²) in [7, 11) is 4.76. The smallest absolute Gasteiger partial charge is 0.305 e. The molecule has 0 saturated heterocycles. The maximum atomic E-state index is 11.3. The van der Waals surface area contributed by atoms with E-state index in [-0.39, 0.29) is 19.2 Å². The molecule has 0 aromatic heterocycles. The average Bonchev–Trinajstić information content (AvgIpc) is 3.15. The van der Waals surface area contributed by atoms with E-state index in [1.807, 2.05) is 79.7 Å². The highest BCUT2D eigenvalue weighted by Gasteiger charge is 2.38. The zero-order valence-electron chi connectivity index (χ0n) is 29.5. The number of hydrogen-bond donors (Lipinski definition) is 1. The number of hydrogen-bond acceptors (Lipinski definition) is 7. The molecular weight excluding hydrogens is 616 g/mol. The van der Waals surface area contributed by atoms with Crippen LogP contribution in [0.4, 0.5) is 0 Å². The van der Waals surface area contributed by atoms with Crippen LogP contribution in [0.5, 0.6) is 17.2 Å². The quantitative estimate of drug-likeness (QED) is 0.0539. The van der Waals surface area contributed by atoms with E-state index >= 15 is 0 Å². The van der Waals surface area contributed by atoms with Crippen molar-refractivity contribution in [2.45, 2.75) is 83.5 Å². The number of aliphatic hydroxyl groups is 1. The molecule has 0 bridgehead atoms. The second kappa shape index (κ2) is 19.6. The minimum atomic E-state index is -0.973. The van der Waals surface area contributed by atoms with Crippen molar-refractivity contribution in [1.29, 1.82) is 0 Å². The summed E-state index contributed by atoms with van der Waals surface area (Å²) in [5.41, 5.74) is 4.57. The molecule has 7 heteroatoms. The van der Waals surface area contributed by atoms with Crippen LogP contribution in [0.15, 0.2) is 91.0 Å². The van der Waals surface area contributed by atoms with Crippen molar-refractivity contribution in [1.82, 2.24) is 0 Å². The lowest BCUT2D eigenvalue weighted by atomic mass is 9.80. The third-order valence-electron chi connectivity index (χ3n) is 8.92. The topological polar surface area (TPSA) is 83.5 Å². The molecule has 0 aliphatic heterocycles. The number of methoxy groups -OCH3 is 3. The van der Waals surface area contributed by atoms with Crippen LogP contribution < -0.4 is 14.2 Å². The van der Waals surface area contributed by atoms with Gasteiger partial charge in [0.15, 0.2) is 0 Å². The molecule has 49 heavy (non-hydrogen) atoms. The summed E-state index contributed by atoms with van der Waals surface area (Å²) in [6.45, 7) is 2.70. The lowest BCUT2D eigenvalue weighted by Crippen LogP contribution is -2.33. The largest absolute Gasteiger partial charge is 0.497 e. The number of ether oxygens (including phenoxy) is 5. The summed E-state index contributed by atoms with van der Waals surface area (Å²) >= 11 is 0. The minimum Gasteiger partial charge on any atom is -0.497 e. The fraction of sp³-hybridized carbons (Fsp3) is 0.405. The van der Waals surface area contributed by atoms with Gasteiger partial charge in [0.25, 0.3) is 0 Å². The van der Waals surface area contributed by atoms with E-state index in [9.17, 15) is 9.90 Å². The Bertz CT molecular complexity index is 1500. The van der Waals surface area contributed by atoms with Crippen LogP contribution in [0.3, 0.4) is 0 Å². The van der Waals surface area contributed by atoms with Gasteiger partial charge >= 0.3 is 5.97 Å². The molecule has 0 heterocycles. The Morgan fingerprint density at radius 1 is 0.653 bits per heavy atom. The van der Waals surface area contributed by atoms with Gasteiger partial charge in [-0.25, -0.2) is 0 Å². The molecule has 4 aromatic carbocycles. The highest BCUT2D eigenvalue weighted by molar-refractivity contribution is 5.69. The molecule has 1 N–H and O–H groups in total. The first kappa shape index (κ1) is 37.5. The second-order valence-corrected chi connectivity index (χ2v) is 12.4. The Morgan fingerprint density at radius 2 is 1.16 bits per heavy atom. The van der Waals surface area contributed by atoms with E-state index in [2.05, 4.69) is 18.2 Å². The standard InChI is InChI=1S/C42H52O7/c1-32-28-33(30-43)41(48-27-15-10-8-6-5-7-9-14-18-40(44)47-4)34(29-32)31-49-42(35-16-12-11-13-17-35,36-19-23-38(45-2)24-20-36)37-21-25-39(46-3)26-22-37/h11-13,16-17,19-26,28-29,43H,5-10,14-15,18,27,30-31H2,1-4H3. The summed E-state index contributed by atoms with van der Waals surface area (Å²) in [6.07, 6.45) is 9.06. The molecule has 0 aliphatic rings. The fourth-order valence-corrected chi connectivity index (χ4v) is 6.31. The first-order chi connectivity index (χ1) is 23.9. The zero-order chi connectivity index (χ0) is 34.9. The number of esters is 1. The zero-order valence-corrected chi connectivity index (χ0v) is 29.5. The molecule has 4 aromatic rings. The molecule has 0 fully saturated rings. The Balaban J connectivity index is 1.53. The van der Waals surface area contributed by atoms with Crippen molar-refractivity contribution in [2.75, 3.05) is 27.9 Å². The Morgan fingerprint density at radius 3 is 1.69 bits per heavy atom. The number of carbonyl (C=O) groups excluding carboxylic acids is 1. The first-order valence-corrected chi connectivity index (χ1v) is 17.4.